The summed E-state index contributed by atoms with van der Waals surface area (Å²) >= 11 is 0. The van der Waals surface area contributed by atoms with Gasteiger partial charge in [0.2, 0.25) is 5.91 Å². The Hall–Kier alpha value is -3.29. The SMILES string of the molecule is COC(=O)c1cnc2c3ccc(NC(=O)C(C)(C)C)cc3ncn2c1=O. The zero-order valence-corrected chi connectivity index (χ0v) is 14.9. The third kappa shape index (κ3) is 3.01. The Morgan fingerprint density at radius 2 is 1.92 bits per heavy atom. The van der Waals surface area contributed by atoms with Crippen LogP contribution in [0.3, 0.4) is 0 Å². The fraction of sp³-hybridized carbons (Fsp3) is 0.278. The first-order chi connectivity index (χ1) is 12.2. The number of nitrogens with zero attached hydrogens (tertiary/aromatic N) is 3. The van der Waals surface area contributed by atoms with Crippen LogP contribution >= 0.6 is 0 Å². The minimum atomic E-state index is -0.753. The van der Waals surface area contributed by atoms with Gasteiger partial charge in [0, 0.05) is 22.7 Å². The van der Waals surface area contributed by atoms with E-state index >= 15 is 0 Å². The normalized spacial score (nSPS) is 11.5. The van der Waals surface area contributed by atoms with Crippen LogP contribution in [0, 0.1) is 5.41 Å². The first-order valence-electron chi connectivity index (χ1n) is 7.92. The fourth-order valence-corrected chi connectivity index (χ4v) is 2.37. The number of rotatable bonds is 2. The van der Waals surface area contributed by atoms with E-state index in [1.165, 1.54) is 24.0 Å². The molecule has 26 heavy (non-hydrogen) atoms. The number of fused-ring (bicyclic) bond motifs is 3. The maximum Gasteiger partial charge on any atom is 0.345 e. The molecule has 134 valence electrons. The van der Waals surface area contributed by atoms with Gasteiger partial charge in [0.15, 0.2) is 0 Å². The topological polar surface area (TPSA) is 103 Å². The lowest BCUT2D eigenvalue weighted by atomic mass is 9.95. The van der Waals surface area contributed by atoms with Crippen LogP contribution in [0.5, 0.6) is 0 Å². The molecule has 0 bridgehead atoms. The second kappa shape index (κ2) is 6.21. The molecule has 0 aliphatic carbocycles. The molecule has 0 aliphatic rings. The molecule has 0 saturated heterocycles. The molecule has 0 atom stereocenters. The van der Waals surface area contributed by atoms with Crippen molar-refractivity contribution >= 4 is 34.1 Å². The number of nitrogens with one attached hydrogen (secondary N) is 1. The Morgan fingerprint density at radius 1 is 1.19 bits per heavy atom. The number of methoxy groups -OCH3 is 1. The van der Waals surface area contributed by atoms with Crippen molar-refractivity contribution in [3.63, 3.8) is 0 Å². The van der Waals surface area contributed by atoms with Crippen LogP contribution in [0.1, 0.15) is 31.1 Å². The highest BCUT2D eigenvalue weighted by atomic mass is 16.5. The molecule has 2 heterocycles. The summed E-state index contributed by atoms with van der Waals surface area (Å²) in [6.07, 6.45) is 2.49. The number of anilines is 1. The molecular formula is C18H18N4O4. The number of amides is 1. The number of benzene rings is 1. The minimum absolute atomic E-state index is 0.116. The van der Waals surface area contributed by atoms with Gasteiger partial charge in [-0.05, 0) is 18.2 Å². The van der Waals surface area contributed by atoms with Crippen molar-refractivity contribution < 1.29 is 14.3 Å². The summed E-state index contributed by atoms with van der Waals surface area (Å²) in [7, 11) is 1.20. The molecule has 0 spiro atoms. The van der Waals surface area contributed by atoms with Crippen molar-refractivity contribution in [3.8, 4) is 0 Å². The summed E-state index contributed by atoms with van der Waals surface area (Å²) in [5.41, 5.74) is 0.283. The van der Waals surface area contributed by atoms with Gasteiger partial charge in [-0.15, -0.1) is 0 Å². The summed E-state index contributed by atoms with van der Waals surface area (Å²) in [6.45, 7) is 5.47. The number of carbonyl (C=O) groups excluding carboxylic acids is 2. The quantitative estimate of drug-likeness (QED) is 0.558. The van der Waals surface area contributed by atoms with E-state index in [2.05, 4.69) is 20.0 Å². The van der Waals surface area contributed by atoms with E-state index in [1.807, 2.05) is 20.8 Å². The highest BCUT2D eigenvalue weighted by Crippen LogP contribution is 2.22. The van der Waals surface area contributed by atoms with Gasteiger partial charge in [-0.25, -0.2) is 19.2 Å². The van der Waals surface area contributed by atoms with Crippen molar-refractivity contribution in [3.05, 3.63) is 46.6 Å². The minimum Gasteiger partial charge on any atom is -0.465 e. The molecule has 0 fully saturated rings. The third-order valence-corrected chi connectivity index (χ3v) is 3.89. The molecule has 0 aliphatic heterocycles. The van der Waals surface area contributed by atoms with Crippen molar-refractivity contribution in [2.45, 2.75) is 20.8 Å². The van der Waals surface area contributed by atoms with Gasteiger partial charge < -0.3 is 10.1 Å². The van der Waals surface area contributed by atoms with Crippen LogP contribution < -0.4 is 10.9 Å². The van der Waals surface area contributed by atoms with Gasteiger partial charge in [0.25, 0.3) is 5.56 Å². The standard InChI is InChI=1S/C18H18N4O4/c1-18(2,3)17(25)21-10-5-6-11-13(7-10)20-9-22-14(11)19-8-12(15(22)23)16(24)26-4/h5-9H,1-4H3,(H,21,25). The van der Waals surface area contributed by atoms with E-state index in [-0.39, 0.29) is 11.5 Å². The van der Waals surface area contributed by atoms with Gasteiger partial charge in [-0.3, -0.25) is 9.59 Å². The Kier molecular flexibility index (Phi) is 4.19. The van der Waals surface area contributed by atoms with Crippen LogP contribution in [0.15, 0.2) is 35.5 Å². The summed E-state index contributed by atoms with van der Waals surface area (Å²) in [4.78, 5) is 44.6. The number of hydrogen-bond acceptors (Lipinski definition) is 6. The van der Waals surface area contributed by atoms with E-state index < -0.39 is 16.9 Å². The van der Waals surface area contributed by atoms with Crippen LogP contribution in [-0.4, -0.2) is 33.4 Å². The summed E-state index contributed by atoms with van der Waals surface area (Å²) < 4.78 is 5.78. The molecule has 1 amide bonds. The van der Waals surface area contributed by atoms with E-state index in [1.54, 1.807) is 18.2 Å². The maximum absolute atomic E-state index is 12.4. The van der Waals surface area contributed by atoms with Gasteiger partial charge in [-0.2, -0.15) is 0 Å². The Morgan fingerprint density at radius 3 is 2.58 bits per heavy atom. The number of carbonyl (C=O) groups is 2. The molecule has 8 nitrogen and oxygen atoms in total. The summed E-state index contributed by atoms with van der Waals surface area (Å²) in [6, 6.07) is 5.15. The van der Waals surface area contributed by atoms with Gasteiger partial charge in [0.05, 0.1) is 12.6 Å². The zero-order chi connectivity index (χ0) is 19.1. The van der Waals surface area contributed by atoms with Crippen LogP contribution in [0.4, 0.5) is 5.69 Å². The third-order valence-electron chi connectivity index (χ3n) is 3.89. The van der Waals surface area contributed by atoms with Crippen LogP contribution in [-0.2, 0) is 9.53 Å². The Balaban J connectivity index is 2.11. The van der Waals surface area contributed by atoms with Crippen molar-refractivity contribution in [2.24, 2.45) is 5.41 Å². The number of ether oxygens (including phenoxy) is 1. The first-order valence-corrected chi connectivity index (χ1v) is 7.92. The largest absolute Gasteiger partial charge is 0.465 e. The molecule has 0 saturated carbocycles. The van der Waals surface area contributed by atoms with Crippen LogP contribution in [0.25, 0.3) is 16.6 Å². The lowest BCUT2D eigenvalue weighted by Gasteiger charge is -2.17. The Labute approximate surface area is 148 Å². The molecule has 2 aromatic heterocycles. The van der Waals surface area contributed by atoms with Crippen LogP contribution in [0.2, 0.25) is 0 Å². The zero-order valence-electron chi connectivity index (χ0n) is 14.9. The number of hydrogen-bond donors (Lipinski definition) is 1. The van der Waals surface area contributed by atoms with Gasteiger partial charge in [0.1, 0.15) is 17.5 Å². The van der Waals surface area contributed by atoms with E-state index in [0.29, 0.717) is 22.2 Å². The van der Waals surface area contributed by atoms with Gasteiger partial charge in [-0.1, -0.05) is 20.8 Å². The Bertz CT molecular complexity index is 1100. The predicted molar refractivity (Wildman–Crippen MR) is 96.2 cm³/mol. The second-order valence-corrected chi connectivity index (χ2v) is 6.84. The van der Waals surface area contributed by atoms with Gasteiger partial charge >= 0.3 is 5.97 Å². The highest BCUT2D eigenvalue weighted by molar-refractivity contribution is 5.99. The van der Waals surface area contributed by atoms with E-state index in [0.717, 1.165) is 0 Å². The number of esters is 1. The monoisotopic (exact) mass is 354 g/mol. The molecule has 3 aromatic rings. The predicted octanol–water partition coefficient (Wildman–Crippen LogP) is 2.01. The molecule has 1 N–H and O–H groups in total. The molecule has 0 radical (unpaired) electrons. The smallest absolute Gasteiger partial charge is 0.345 e. The molecular weight excluding hydrogens is 336 g/mol. The van der Waals surface area contributed by atoms with Crippen molar-refractivity contribution in [1.29, 1.82) is 0 Å². The van der Waals surface area contributed by atoms with E-state index in [4.69, 9.17) is 0 Å². The summed E-state index contributed by atoms with van der Waals surface area (Å²) in [5.74, 6) is -0.869. The lowest BCUT2D eigenvalue weighted by Crippen LogP contribution is -2.27. The molecule has 1 aromatic carbocycles. The highest BCUT2D eigenvalue weighted by Gasteiger charge is 2.21. The molecule has 0 unspecified atom stereocenters. The van der Waals surface area contributed by atoms with E-state index in [9.17, 15) is 14.4 Å². The lowest BCUT2D eigenvalue weighted by molar-refractivity contribution is -0.123. The summed E-state index contributed by atoms with van der Waals surface area (Å²) in [5, 5.41) is 3.46. The number of aromatic nitrogens is 3. The second-order valence-electron chi connectivity index (χ2n) is 6.84. The van der Waals surface area contributed by atoms with Crippen molar-refractivity contribution in [2.75, 3.05) is 12.4 Å². The molecule has 8 heteroatoms. The fourth-order valence-electron chi connectivity index (χ4n) is 2.37. The maximum atomic E-state index is 12.4. The average Bonchev–Trinajstić information content (AvgIpc) is 2.60. The average molecular weight is 354 g/mol. The van der Waals surface area contributed by atoms with Crippen molar-refractivity contribution in [1.82, 2.24) is 14.4 Å². The first kappa shape index (κ1) is 17.5. The molecule has 3 rings (SSSR count).